The van der Waals surface area contributed by atoms with Crippen LogP contribution in [0.25, 0.3) is 0 Å². The van der Waals surface area contributed by atoms with Crippen LogP contribution in [0.15, 0.2) is 146 Å². The summed E-state index contributed by atoms with van der Waals surface area (Å²) in [6, 6.07) is 0. The molecule has 0 aliphatic rings. The van der Waals surface area contributed by atoms with Gasteiger partial charge in [0.2, 0.25) is 0 Å². The van der Waals surface area contributed by atoms with E-state index in [-0.39, 0.29) is 31.1 Å². The molecule has 1 atom stereocenters. The van der Waals surface area contributed by atoms with Gasteiger partial charge in [0.25, 0.3) is 0 Å². The molecule has 452 valence electrons. The average molecular weight is 1110 g/mol. The number of allylic oxidation sites excluding steroid dienone is 24. The molecule has 0 saturated heterocycles. The van der Waals surface area contributed by atoms with Crippen molar-refractivity contribution in [3.05, 3.63) is 146 Å². The summed E-state index contributed by atoms with van der Waals surface area (Å²) in [5.74, 6) is -0.949. The van der Waals surface area contributed by atoms with E-state index in [0.29, 0.717) is 19.3 Å². The highest BCUT2D eigenvalue weighted by atomic mass is 16.6. The molecule has 0 aromatic heterocycles. The van der Waals surface area contributed by atoms with Crippen molar-refractivity contribution in [2.45, 2.75) is 290 Å². The van der Waals surface area contributed by atoms with Gasteiger partial charge in [0.1, 0.15) is 13.2 Å². The van der Waals surface area contributed by atoms with Crippen molar-refractivity contribution in [3.8, 4) is 0 Å². The van der Waals surface area contributed by atoms with Crippen LogP contribution in [0.3, 0.4) is 0 Å². The van der Waals surface area contributed by atoms with Crippen LogP contribution in [0, 0.1) is 0 Å². The van der Waals surface area contributed by atoms with Gasteiger partial charge in [0.15, 0.2) is 6.10 Å². The van der Waals surface area contributed by atoms with E-state index in [9.17, 15) is 14.4 Å². The number of esters is 3. The van der Waals surface area contributed by atoms with Gasteiger partial charge in [-0.3, -0.25) is 14.4 Å². The molecule has 80 heavy (non-hydrogen) atoms. The van der Waals surface area contributed by atoms with Crippen molar-refractivity contribution in [2.24, 2.45) is 0 Å². The molecular formula is C74H120O6. The van der Waals surface area contributed by atoms with Crippen molar-refractivity contribution in [1.82, 2.24) is 0 Å². The topological polar surface area (TPSA) is 78.9 Å². The smallest absolute Gasteiger partial charge is 0.306 e. The highest BCUT2D eigenvalue weighted by Crippen LogP contribution is 2.16. The summed E-state index contributed by atoms with van der Waals surface area (Å²) in [5, 5.41) is 0. The zero-order valence-corrected chi connectivity index (χ0v) is 51.8. The van der Waals surface area contributed by atoms with Gasteiger partial charge in [-0.25, -0.2) is 0 Å². The van der Waals surface area contributed by atoms with Gasteiger partial charge >= 0.3 is 17.9 Å². The Bertz CT molecular complexity index is 1750. The highest BCUT2D eigenvalue weighted by Gasteiger charge is 2.19. The number of rotatable bonds is 58. The zero-order chi connectivity index (χ0) is 57.8. The fourth-order valence-electron chi connectivity index (χ4n) is 8.74. The standard InChI is InChI=1S/C74H120O6/c1-4-7-10-13-16-19-22-25-28-31-33-35-36-37-38-40-41-43-46-49-52-55-58-61-64-67-73(76)79-70-71(69-78-72(75)66-63-60-57-54-51-48-45-30-27-24-21-18-15-12-9-6-3)80-74(77)68-65-62-59-56-53-50-47-44-42-39-34-32-29-26-23-20-17-14-11-8-5-2/h7-8,10-11,16-17,19-20,25-26,28-29,33-35,37-39,41,43-44,47,49,52,71H,4-6,9,12-15,18,21-24,27,30-32,36,40,42,45-46,48,50-51,53-70H2,1-3H3/b10-7-,11-8-,19-16-,20-17-,28-25-,29-26-,35-33-,38-37-,39-34-,43-41-,47-44-,52-49-. The van der Waals surface area contributed by atoms with Gasteiger partial charge in [-0.05, 0) is 122 Å². The average Bonchev–Trinajstić information content (AvgIpc) is 3.46. The molecule has 1 unspecified atom stereocenters. The molecule has 0 aliphatic heterocycles. The lowest BCUT2D eigenvalue weighted by Gasteiger charge is -2.18. The van der Waals surface area contributed by atoms with Gasteiger partial charge < -0.3 is 14.2 Å². The van der Waals surface area contributed by atoms with Crippen LogP contribution in [0.1, 0.15) is 284 Å². The van der Waals surface area contributed by atoms with Crippen molar-refractivity contribution in [3.63, 3.8) is 0 Å². The molecule has 6 nitrogen and oxygen atoms in total. The number of unbranched alkanes of at least 4 members (excludes halogenated alkanes) is 23. The minimum Gasteiger partial charge on any atom is -0.462 e. The molecule has 0 rings (SSSR count). The summed E-state index contributed by atoms with van der Waals surface area (Å²) >= 11 is 0. The molecule has 0 N–H and O–H groups in total. The van der Waals surface area contributed by atoms with Gasteiger partial charge in [0, 0.05) is 19.3 Å². The molecule has 0 aliphatic carbocycles. The minimum atomic E-state index is -0.809. The van der Waals surface area contributed by atoms with E-state index >= 15 is 0 Å². The van der Waals surface area contributed by atoms with Crippen LogP contribution in [0.4, 0.5) is 0 Å². The Morgan fingerprint density at radius 1 is 0.263 bits per heavy atom. The second kappa shape index (κ2) is 66.8. The van der Waals surface area contributed by atoms with Gasteiger partial charge in [-0.1, -0.05) is 289 Å². The van der Waals surface area contributed by atoms with Crippen LogP contribution in [0.2, 0.25) is 0 Å². The number of hydrogen-bond acceptors (Lipinski definition) is 6. The molecular weight excluding hydrogens is 985 g/mol. The van der Waals surface area contributed by atoms with Crippen molar-refractivity contribution in [2.75, 3.05) is 13.2 Å². The first-order valence-electron chi connectivity index (χ1n) is 32.8. The number of carbonyl (C=O) groups excluding carboxylic acids is 3. The summed E-state index contributed by atoms with van der Waals surface area (Å²) in [5.41, 5.74) is 0. The zero-order valence-electron chi connectivity index (χ0n) is 51.8. The molecule has 0 aromatic rings. The predicted octanol–water partition coefficient (Wildman–Crippen LogP) is 22.7. The lowest BCUT2D eigenvalue weighted by atomic mass is 10.0. The predicted molar refractivity (Wildman–Crippen MR) is 348 cm³/mol. The summed E-state index contributed by atoms with van der Waals surface area (Å²) < 4.78 is 16.9. The van der Waals surface area contributed by atoms with Gasteiger partial charge in [-0.15, -0.1) is 0 Å². The van der Waals surface area contributed by atoms with Crippen LogP contribution >= 0.6 is 0 Å². The van der Waals surface area contributed by atoms with Crippen LogP contribution in [0.5, 0.6) is 0 Å². The van der Waals surface area contributed by atoms with E-state index in [1.54, 1.807) is 0 Å². The SMILES string of the molecule is CC/C=C\C/C=C\C/C=C\C/C=C\C/C=C\C/C=C\C/C=C\CCCCCC(=O)OCC(COC(=O)CCCCCCCCCCCCCCCCCC)OC(=O)CCCCCCC/C=C\C/C=C\C/C=C\C/C=C\C/C=C\CC. The molecule has 0 heterocycles. The van der Waals surface area contributed by atoms with Crippen LogP contribution in [-0.4, -0.2) is 37.2 Å². The van der Waals surface area contributed by atoms with E-state index < -0.39 is 6.10 Å². The number of ether oxygens (including phenoxy) is 3. The summed E-state index contributed by atoms with van der Waals surface area (Å²) in [4.78, 5) is 38.4. The maximum Gasteiger partial charge on any atom is 0.306 e. The van der Waals surface area contributed by atoms with Gasteiger partial charge in [0.05, 0.1) is 0 Å². The van der Waals surface area contributed by atoms with E-state index in [4.69, 9.17) is 14.2 Å². The lowest BCUT2D eigenvalue weighted by molar-refractivity contribution is -0.167. The Labute approximate surface area is 493 Å². The molecule has 0 aromatic carbocycles. The molecule has 0 bridgehead atoms. The molecule has 0 fully saturated rings. The quantitative estimate of drug-likeness (QED) is 0.0261. The van der Waals surface area contributed by atoms with E-state index in [0.717, 1.165) is 161 Å². The Balaban J connectivity index is 4.50. The third-order valence-electron chi connectivity index (χ3n) is 13.6. The maximum atomic E-state index is 12.9. The van der Waals surface area contributed by atoms with Crippen molar-refractivity contribution < 1.29 is 28.6 Å². The Hall–Kier alpha value is -4.71. The van der Waals surface area contributed by atoms with Crippen LogP contribution in [-0.2, 0) is 28.6 Å². The fourth-order valence-corrected chi connectivity index (χ4v) is 8.74. The van der Waals surface area contributed by atoms with E-state index in [1.165, 1.54) is 83.5 Å². The lowest BCUT2D eigenvalue weighted by Crippen LogP contribution is -2.30. The maximum absolute atomic E-state index is 12.9. The highest BCUT2D eigenvalue weighted by molar-refractivity contribution is 5.71. The second-order valence-corrected chi connectivity index (χ2v) is 21.3. The number of hydrogen-bond donors (Lipinski definition) is 0. The van der Waals surface area contributed by atoms with E-state index in [2.05, 4.69) is 167 Å². The monoisotopic (exact) mass is 1100 g/mol. The first-order chi connectivity index (χ1) is 39.5. The second-order valence-electron chi connectivity index (χ2n) is 21.3. The fraction of sp³-hybridized carbons (Fsp3) is 0.635. The minimum absolute atomic E-state index is 0.0998. The third-order valence-corrected chi connectivity index (χ3v) is 13.6. The van der Waals surface area contributed by atoms with E-state index in [1.807, 2.05) is 0 Å². The molecule has 0 radical (unpaired) electrons. The Morgan fingerprint density at radius 2 is 0.487 bits per heavy atom. The van der Waals surface area contributed by atoms with Crippen LogP contribution < -0.4 is 0 Å². The Kier molecular flexibility index (Phi) is 62.9. The largest absolute Gasteiger partial charge is 0.462 e. The number of carbonyl (C=O) groups is 3. The molecule has 0 spiro atoms. The summed E-state index contributed by atoms with van der Waals surface area (Å²) in [6.07, 6.45) is 95.6. The van der Waals surface area contributed by atoms with Gasteiger partial charge in [-0.2, -0.15) is 0 Å². The molecule has 0 amide bonds. The third kappa shape index (κ3) is 64.1. The first kappa shape index (κ1) is 75.3. The van der Waals surface area contributed by atoms with Crippen molar-refractivity contribution in [1.29, 1.82) is 0 Å². The first-order valence-corrected chi connectivity index (χ1v) is 32.8. The molecule has 6 heteroatoms. The van der Waals surface area contributed by atoms with Crippen molar-refractivity contribution >= 4 is 17.9 Å². The summed E-state index contributed by atoms with van der Waals surface area (Å²) in [7, 11) is 0. The normalized spacial score (nSPS) is 13.1. The Morgan fingerprint density at radius 3 is 0.775 bits per heavy atom. The summed E-state index contributed by atoms with van der Waals surface area (Å²) in [6.45, 7) is 6.38. The molecule has 0 saturated carbocycles.